The number of thiazole rings is 1. The average Bonchev–Trinajstić information content (AvgIpc) is 3.26. The third-order valence-electron chi connectivity index (χ3n) is 6.35. The summed E-state index contributed by atoms with van der Waals surface area (Å²) in [5.74, 6) is -0.455. The van der Waals surface area contributed by atoms with Crippen LogP contribution in [0.4, 0.5) is 0 Å². The number of sulfonamides is 1. The number of amides is 1. The fourth-order valence-corrected chi connectivity index (χ4v) is 7.26. The van der Waals surface area contributed by atoms with Crippen LogP contribution in [-0.2, 0) is 34.3 Å². The zero-order valence-corrected chi connectivity index (χ0v) is 22.7. The molecule has 0 bridgehead atoms. The highest BCUT2D eigenvalue weighted by Gasteiger charge is 2.28. The summed E-state index contributed by atoms with van der Waals surface area (Å²) in [5, 5.41) is 0.578. The minimum atomic E-state index is -3.69. The lowest BCUT2D eigenvalue weighted by molar-refractivity contribution is 0.0996. The number of carbonyl (C=O) groups excluding carboxylic acids is 1. The molecule has 1 aliphatic rings. The largest absolute Gasteiger partial charge is 0.380 e. The van der Waals surface area contributed by atoms with Crippen LogP contribution < -0.4 is 4.80 Å². The third-order valence-corrected chi connectivity index (χ3v) is 9.56. The van der Waals surface area contributed by atoms with Crippen molar-refractivity contribution in [3.63, 3.8) is 0 Å². The van der Waals surface area contributed by atoms with Crippen molar-refractivity contribution < 1.29 is 17.9 Å². The van der Waals surface area contributed by atoms with E-state index in [2.05, 4.69) is 4.99 Å². The van der Waals surface area contributed by atoms with E-state index < -0.39 is 15.9 Å². The predicted octanol–water partition coefficient (Wildman–Crippen LogP) is 4.88. The first-order chi connectivity index (χ1) is 17.9. The summed E-state index contributed by atoms with van der Waals surface area (Å²) in [4.78, 5) is 18.1. The Kier molecular flexibility index (Phi) is 7.60. The summed E-state index contributed by atoms with van der Waals surface area (Å²) >= 11 is 7.82. The molecule has 4 aromatic rings. The fourth-order valence-electron chi connectivity index (χ4n) is 4.42. The Labute approximate surface area is 224 Å². The molecule has 0 N–H and O–H groups in total. The van der Waals surface area contributed by atoms with Gasteiger partial charge in [-0.05, 0) is 60.9 Å². The number of para-hydroxylation sites is 1. The van der Waals surface area contributed by atoms with Crippen LogP contribution in [-0.4, -0.2) is 43.0 Å². The second-order valence-corrected chi connectivity index (χ2v) is 12.0. The molecule has 10 heteroatoms. The standard InChI is InChI=1S/C27H26ClN3O4S2/c1-2-35-17-16-31-25-23(28)8-5-9-24(25)36-27(31)29-26(32)20-10-12-22(13-11-20)37(33,34)30-15-14-19-6-3-4-7-21(19)18-30/h3-13H,2,14-18H2,1H3. The topological polar surface area (TPSA) is 81.0 Å². The van der Waals surface area contributed by atoms with Crippen molar-refractivity contribution in [1.29, 1.82) is 0 Å². The average molecular weight is 556 g/mol. The molecule has 2 heterocycles. The van der Waals surface area contributed by atoms with Gasteiger partial charge in [0.2, 0.25) is 10.0 Å². The number of halogens is 1. The summed E-state index contributed by atoms with van der Waals surface area (Å²) in [6.07, 6.45) is 0.674. The van der Waals surface area contributed by atoms with Crippen LogP contribution in [0.25, 0.3) is 10.2 Å². The van der Waals surface area contributed by atoms with Gasteiger partial charge >= 0.3 is 0 Å². The van der Waals surface area contributed by atoms with Crippen molar-refractivity contribution in [2.75, 3.05) is 19.8 Å². The lowest BCUT2D eigenvalue weighted by Crippen LogP contribution is -2.35. The normalized spacial score (nSPS) is 14.7. The van der Waals surface area contributed by atoms with E-state index in [1.807, 2.05) is 47.9 Å². The lowest BCUT2D eigenvalue weighted by atomic mass is 10.0. The predicted molar refractivity (Wildman–Crippen MR) is 145 cm³/mol. The molecule has 0 fully saturated rings. The number of carbonyl (C=O) groups is 1. The van der Waals surface area contributed by atoms with E-state index in [4.69, 9.17) is 16.3 Å². The van der Waals surface area contributed by atoms with Gasteiger partial charge in [0, 0.05) is 31.8 Å². The van der Waals surface area contributed by atoms with E-state index in [9.17, 15) is 13.2 Å². The van der Waals surface area contributed by atoms with Crippen LogP contribution in [0.3, 0.4) is 0 Å². The van der Waals surface area contributed by atoms with Crippen molar-refractivity contribution >= 4 is 49.1 Å². The molecule has 0 radical (unpaired) electrons. The highest BCUT2D eigenvalue weighted by atomic mass is 35.5. The van der Waals surface area contributed by atoms with Gasteiger partial charge in [-0.2, -0.15) is 9.30 Å². The first-order valence-electron chi connectivity index (χ1n) is 12.0. The van der Waals surface area contributed by atoms with Gasteiger partial charge in [-0.1, -0.05) is 53.3 Å². The quantitative estimate of drug-likeness (QED) is 0.304. The maximum absolute atomic E-state index is 13.3. The lowest BCUT2D eigenvalue weighted by Gasteiger charge is -2.28. The second-order valence-electron chi connectivity index (χ2n) is 8.62. The Morgan fingerprint density at radius 2 is 1.81 bits per heavy atom. The molecular formula is C27H26ClN3O4S2. The Balaban J connectivity index is 1.41. The SMILES string of the molecule is CCOCCn1c(=NC(=O)c2ccc(S(=O)(=O)N3CCc4ccccc4C3)cc2)sc2cccc(Cl)c21. The Bertz CT molecular complexity index is 1630. The Hall–Kier alpha value is -2.82. The fraction of sp³-hybridized carbons (Fsp3) is 0.259. The molecule has 0 saturated carbocycles. The van der Waals surface area contributed by atoms with Gasteiger partial charge in [-0.25, -0.2) is 8.42 Å². The molecule has 1 aromatic heterocycles. The second kappa shape index (κ2) is 10.9. The number of hydrogen-bond donors (Lipinski definition) is 0. The minimum absolute atomic E-state index is 0.156. The van der Waals surface area contributed by atoms with Gasteiger partial charge in [-0.15, -0.1) is 0 Å². The number of aromatic nitrogens is 1. The zero-order chi connectivity index (χ0) is 26.0. The van der Waals surface area contributed by atoms with E-state index >= 15 is 0 Å². The van der Waals surface area contributed by atoms with Gasteiger partial charge in [0.25, 0.3) is 5.91 Å². The number of nitrogens with zero attached hydrogens (tertiary/aromatic N) is 3. The molecule has 0 aliphatic carbocycles. The smallest absolute Gasteiger partial charge is 0.279 e. The Morgan fingerprint density at radius 1 is 1.05 bits per heavy atom. The van der Waals surface area contributed by atoms with Crippen LogP contribution in [0, 0.1) is 0 Å². The maximum atomic E-state index is 13.3. The molecule has 1 amide bonds. The molecular weight excluding hydrogens is 530 g/mol. The molecule has 0 atom stereocenters. The highest BCUT2D eigenvalue weighted by Crippen LogP contribution is 2.27. The molecule has 37 heavy (non-hydrogen) atoms. The van der Waals surface area contributed by atoms with Crippen LogP contribution in [0.5, 0.6) is 0 Å². The van der Waals surface area contributed by atoms with Crippen LogP contribution >= 0.6 is 22.9 Å². The molecule has 7 nitrogen and oxygen atoms in total. The van der Waals surface area contributed by atoms with E-state index in [0.29, 0.717) is 54.7 Å². The number of hydrogen-bond acceptors (Lipinski definition) is 5. The summed E-state index contributed by atoms with van der Waals surface area (Å²) in [6.45, 7) is 4.23. The molecule has 192 valence electrons. The summed E-state index contributed by atoms with van der Waals surface area (Å²) < 4.78 is 36.3. The first-order valence-corrected chi connectivity index (χ1v) is 14.6. The first kappa shape index (κ1) is 25.8. The summed E-state index contributed by atoms with van der Waals surface area (Å²) in [7, 11) is -3.69. The van der Waals surface area contributed by atoms with Gasteiger partial charge < -0.3 is 9.30 Å². The van der Waals surface area contributed by atoms with Gasteiger partial charge in [0.05, 0.1) is 26.7 Å². The summed E-state index contributed by atoms with van der Waals surface area (Å²) in [6, 6.07) is 19.5. The molecule has 5 rings (SSSR count). The van der Waals surface area contributed by atoms with E-state index in [0.717, 1.165) is 15.8 Å². The number of ether oxygens (including phenoxy) is 1. The van der Waals surface area contributed by atoms with Crippen molar-refractivity contribution in [2.24, 2.45) is 4.99 Å². The minimum Gasteiger partial charge on any atom is -0.380 e. The number of fused-ring (bicyclic) bond motifs is 2. The van der Waals surface area contributed by atoms with Crippen molar-refractivity contribution in [3.8, 4) is 0 Å². The Morgan fingerprint density at radius 3 is 2.57 bits per heavy atom. The summed E-state index contributed by atoms with van der Waals surface area (Å²) in [5.41, 5.74) is 3.31. The zero-order valence-electron chi connectivity index (χ0n) is 20.3. The molecule has 0 unspecified atom stereocenters. The third kappa shape index (κ3) is 5.28. The molecule has 1 aliphatic heterocycles. The maximum Gasteiger partial charge on any atom is 0.279 e. The van der Waals surface area contributed by atoms with Crippen LogP contribution in [0.2, 0.25) is 5.02 Å². The monoisotopic (exact) mass is 555 g/mol. The van der Waals surface area contributed by atoms with Crippen molar-refractivity contribution in [3.05, 3.63) is 93.2 Å². The van der Waals surface area contributed by atoms with Crippen LogP contribution in [0.1, 0.15) is 28.4 Å². The number of benzene rings is 3. The highest BCUT2D eigenvalue weighted by molar-refractivity contribution is 7.89. The molecule has 0 saturated heterocycles. The van der Waals surface area contributed by atoms with Crippen LogP contribution in [0.15, 0.2) is 76.6 Å². The van der Waals surface area contributed by atoms with Crippen molar-refractivity contribution in [1.82, 2.24) is 8.87 Å². The van der Waals surface area contributed by atoms with Gasteiger partial charge in [0.15, 0.2) is 4.80 Å². The van der Waals surface area contributed by atoms with Gasteiger partial charge in [-0.3, -0.25) is 4.79 Å². The van der Waals surface area contributed by atoms with E-state index in [1.54, 1.807) is 6.07 Å². The number of rotatable bonds is 7. The van der Waals surface area contributed by atoms with E-state index in [1.165, 1.54) is 45.5 Å². The van der Waals surface area contributed by atoms with E-state index in [-0.39, 0.29) is 4.90 Å². The van der Waals surface area contributed by atoms with Crippen molar-refractivity contribution in [2.45, 2.75) is 31.3 Å². The van der Waals surface area contributed by atoms with Gasteiger partial charge in [0.1, 0.15) is 0 Å². The molecule has 0 spiro atoms. The molecule has 3 aromatic carbocycles.